The van der Waals surface area contributed by atoms with Gasteiger partial charge in [-0.1, -0.05) is 23.7 Å². The van der Waals surface area contributed by atoms with Crippen molar-refractivity contribution in [2.75, 3.05) is 31.5 Å². The van der Waals surface area contributed by atoms with Gasteiger partial charge in [0.1, 0.15) is 0 Å². The molecule has 38 heavy (non-hydrogen) atoms. The molecule has 1 aromatic heterocycles. The van der Waals surface area contributed by atoms with Crippen molar-refractivity contribution in [3.8, 4) is 11.1 Å². The smallest absolute Gasteiger partial charge is 0.256 e. The van der Waals surface area contributed by atoms with E-state index in [1.54, 1.807) is 37.3 Å². The second-order valence-electron chi connectivity index (χ2n) is 9.65. The average Bonchev–Trinajstić information content (AvgIpc) is 3.60. The molecule has 10 heteroatoms. The van der Waals surface area contributed by atoms with Crippen molar-refractivity contribution < 1.29 is 23.5 Å². The van der Waals surface area contributed by atoms with Crippen LogP contribution < -0.4 is 10.6 Å². The van der Waals surface area contributed by atoms with E-state index >= 15 is 0 Å². The number of anilines is 1. The number of aromatic amines is 1. The first-order chi connectivity index (χ1) is 18.2. The Hall–Kier alpha value is -3.53. The van der Waals surface area contributed by atoms with E-state index in [1.807, 2.05) is 0 Å². The second-order valence-corrected chi connectivity index (χ2v) is 10.1. The first-order valence-electron chi connectivity index (χ1n) is 12.4. The Morgan fingerprint density at radius 2 is 2.00 bits per heavy atom. The van der Waals surface area contributed by atoms with E-state index in [4.69, 9.17) is 11.6 Å². The first kappa shape index (κ1) is 26.1. The number of aromatic nitrogens is 1. The molecule has 3 heterocycles. The molecule has 2 amide bonds. The topological polar surface area (TPSA) is 97.5 Å². The molecule has 5 rings (SSSR count). The largest absolute Gasteiger partial charge is 0.390 e. The van der Waals surface area contributed by atoms with Crippen LogP contribution in [0.2, 0.25) is 5.02 Å². The lowest BCUT2D eigenvalue weighted by Crippen LogP contribution is -2.39. The summed E-state index contributed by atoms with van der Waals surface area (Å²) < 4.78 is 28.0. The van der Waals surface area contributed by atoms with E-state index in [9.17, 15) is 23.5 Å². The Balaban J connectivity index is 1.45. The summed E-state index contributed by atoms with van der Waals surface area (Å²) in [6.45, 7) is 4.28. The van der Waals surface area contributed by atoms with Gasteiger partial charge in [-0.2, -0.15) is 0 Å². The van der Waals surface area contributed by atoms with Gasteiger partial charge < -0.3 is 25.6 Å². The van der Waals surface area contributed by atoms with Crippen molar-refractivity contribution in [1.29, 1.82) is 0 Å². The SMILES string of the molecule is Cc1cc(C(=O)NCC(O)CN2CCCC2)c(/C=C2\C(=O)Nc3cccc(-c4cc(F)c(F)c(Cl)c4)c32)[nH]1. The predicted molar refractivity (Wildman–Crippen MR) is 143 cm³/mol. The monoisotopic (exact) mass is 540 g/mol. The molecule has 1 atom stereocenters. The maximum absolute atomic E-state index is 14.2. The van der Waals surface area contributed by atoms with Crippen molar-refractivity contribution in [3.63, 3.8) is 0 Å². The number of hydrogen-bond donors (Lipinski definition) is 4. The number of carbonyl (C=O) groups is 2. The van der Waals surface area contributed by atoms with Gasteiger partial charge in [-0.05, 0) is 74.3 Å². The minimum atomic E-state index is -1.14. The number of hydrogen-bond acceptors (Lipinski definition) is 4. The lowest BCUT2D eigenvalue weighted by Gasteiger charge is -2.19. The van der Waals surface area contributed by atoms with E-state index in [0.29, 0.717) is 45.9 Å². The zero-order chi connectivity index (χ0) is 27.0. The second kappa shape index (κ2) is 10.7. The van der Waals surface area contributed by atoms with Crippen LogP contribution in [0.4, 0.5) is 14.5 Å². The van der Waals surface area contributed by atoms with Crippen LogP contribution >= 0.6 is 11.6 Å². The normalized spacial score (nSPS) is 17.1. The van der Waals surface area contributed by atoms with Gasteiger partial charge in [0.2, 0.25) is 0 Å². The third kappa shape index (κ3) is 5.22. The lowest BCUT2D eigenvalue weighted by atomic mass is 9.94. The molecule has 1 saturated heterocycles. The minimum absolute atomic E-state index is 0.0972. The van der Waals surface area contributed by atoms with Gasteiger partial charge in [0.25, 0.3) is 11.8 Å². The molecule has 4 N–H and O–H groups in total. The maximum atomic E-state index is 14.2. The molecule has 0 saturated carbocycles. The highest BCUT2D eigenvalue weighted by Crippen LogP contribution is 2.41. The van der Waals surface area contributed by atoms with Crippen molar-refractivity contribution in [2.45, 2.75) is 25.9 Å². The summed E-state index contributed by atoms with van der Waals surface area (Å²) in [5.74, 6) is -3.03. The highest BCUT2D eigenvalue weighted by molar-refractivity contribution is 6.36. The molecule has 0 radical (unpaired) electrons. The van der Waals surface area contributed by atoms with E-state index in [1.165, 1.54) is 6.07 Å². The van der Waals surface area contributed by atoms with Crippen LogP contribution in [-0.4, -0.2) is 59.1 Å². The number of fused-ring (bicyclic) bond motifs is 1. The Kier molecular flexibility index (Phi) is 7.34. The Morgan fingerprint density at radius 1 is 1.24 bits per heavy atom. The van der Waals surface area contributed by atoms with Gasteiger partial charge in [-0.3, -0.25) is 9.59 Å². The minimum Gasteiger partial charge on any atom is -0.390 e. The van der Waals surface area contributed by atoms with Crippen molar-refractivity contribution >= 4 is 40.8 Å². The van der Waals surface area contributed by atoms with E-state index in [2.05, 4.69) is 20.5 Å². The fourth-order valence-electron chi connectivity index (χ4n) is 5.03. The zero-order valence-corrected chi connectivity index (χ0v) is 21.5. The number of carbonyl (C=O) groups excluding carboxylic acids is 2. The molecule has 3 aromatic rings. The number of H-pyrrole nitrogens is 1. The van der Waals surface area contributed by atoms with Crippen LogP contribution in [0, 0.1) is 18.6 Å². The summed E-state index contributed by atoms with van der Waals surface area (Å²) in [4.78, 5) is 31.3. The van der Waals surface area contributed by atoms with Crippen LogP contribution in [0.1, 0.15) is 40.2 Å². The van der Waals surface area contributed by atoms with Crippen molar-refractivity contribution in [1.82, 2.24) is 15.2 Å². The Labute approximate surface area is 223 Å². The van der Waals surface area contributed by atoms with Gasteiger partial charge in [-0.15, -0.1) is 0 Å². The molecular weight excluding hydrogens is 514 g/mol. The average molecular weight is 541 g/mol. The number of β-amino-alcohol motifs (C(OH)–C–C–N with tert-alkyl or cyclic N) is 1. The van der Waals surface area contributed by atoms with Gasteiger partial charge >= 0.3 is 0 Å². The van der Waals surface area contributed by atoms with Gasteiger partial charge in [0.05, 0.1) is 28.0 Å². The highest BCUT2D eigenvalue weighted by Gasteiger charge is 2.29. The number of rotatable bonds is 7. The lowest BCUT2D eigenvalue weighted by molar-refractivity contribution is -0.110. The van der Waals surface area contributed by atoms with Crippen LogP contribution in [-0.2, 0) is 4.79 Å². The highest BCUT2D eigenvalue weighted by atomic mass is 35.5. The number of aryl methyl sites for hydroxylation is 1. The number of nitrogens with one attached hydrogen (secondary N) is 3. The summed E-state index contributed by atoms with van der Waals surface area (Å²) in [7, 11) is 0. The third-order valence-corrected chi connectivity index (χ3v) is 7.08. The van der Waals surface area contributed by atoms with Gasteiger partial charge in [0.15, 0.2) is 11.6 Å². The van der Waals surface area contributed by atoms with Crippen LogP contribution in [0.3, 0.4) is 0 Å². The Bertz CT molecular complexity index is 1420. The summed E-state index contributed by atoms with van der Waals surface area (Å²) in [6, 6.07) is 9.09. The molecule has 2 aliphatic rings. The standard InChI is InChI=1S/C28H27ClF2N4O3/c1-15-9-19(27(37)32-13-17(36)14-35-7-2-3-8-35)24(33-15)12-20-25-18(5-4-6-23(25)34-28(20)38)16-10-21(29)26(31)22(30)11-16/h4-6,9-12,17,33,36H,2-3,7-8,13-14H2,1H3,(H,32,37)(H,34,38)/b20-12-. The van der Waals surface area contributed by atoms with E-state index < -0.39 is 23.6 Å². The molecule has 1 unspecified atom stereocenters. The van der Waals surface area contributed by atoms with Crippen LogP contribution in [0.25, 0.3) is 22.8 Å². The quantitative estimate of drug-likeness (QED) is 0.260. The van der Waals surface area contributed by atoms with Gasteiger partial charge in [0, 0.05) is 30.0 Å². The molecule has 0 aliphatic carbocycles. The van der Waals surface area contributed by atoms with Gasteiger partial charge in [-0.25, -0.2) is 8.78 Å². The number of benzene rings is 2. The number of nitrogens with zero attached hydrogens (tertiary/aromatic N) is 1. The number of halogens is 3. The fourth-order valence-corrected chi connectivity index (χ4v) is 5.24. The molecule has 0 spiro atoms. The van der Waals surface area contributed by atoms with E-state index in [-0.39, 0.29) is 23.0 Å². The fraction of sp³-hybridized carbons (Fsp3) is 0.286. The molecular formula is C28H27ClF2N4O3. The molecule has 1 fully saturated rings. The molecule has 198 valence electrons. The predicted octanol–water partition coefficient (Wildman–Crippen LogP) is 4.60. The Morgan fingerprint density at radius 3 is 2.74 bits per heavy atom. The third-order valence-electron chi connectivity index (χ3n) is 6.80. The zero-order valence-electron chi connectivity index (χ0n) is 20.7. The van der Waals surface area contributed by atoms with Crippen LogP contribution in [0.5, 0.6) is 0 Å². The number of amides is 2. The molecule has 2 aliphatic heterocycles. The molecule has 0 bridgehead atoms. The summed E-state index contributed by atoms with van der Waals surface area (Å²) in [5, 5.41) is 15.6. The van der Waals surface area contributed by atoms with Crippen molar-refractivity contribution in [2.24, 2.45) is 0 Å². The number of likely N-dealkylation sites (tertiary alicyclic amines) is 1. The molecule has 2 aromatic carbocycles. The van der Waals surface area contributed by atoms with Crippen LogP contribution in [0.15, 0.2) is 36.4 Å². The first-order valence-corrected chi connectivity index (χ1v) is 12.8. The number of aliphatic hydroxyl groups is 1. The van der Waals surface area contributed by atoms with Crippen molar-refractivity contribution in [3.05, 3.63) is 75.6 Å². The maximum Gasteiger partial charge on any atom is 0.256 e. The summed E-state index contributed by atoms with van der Waals surface area (Å²) >= 11 is 5.89. The van der Waals surface area contributed by atoms with E-state index in [0.717, 1.165) is 32.0 Å². The molecule has 7 nitrogen and oxygen atoms in total. The summed E-state index contributed by atoms with van der Waals surface area (Å²) in [5.41, 5.74) is 3.45. The summed E-state index contributed by atoms with van der Waals surface area (Å²) in [6.07, 6.45) is 3.09. The number of aliphatic hydroxyl groups excluding tert-OH is 1.